The normalized spacial score (nSPS) is 8.00. The molecule has 2 rings (SSSR count). The number of rotatable bonds is 0. The van der Waals surface area contributed by atoms with Gasteiger partial charge in [0.25, 0.3) is 0 Å². The van der Waals surface area contributed by atoms with Crippen LogP contribution in [0.4, 0.5) is 0 Å². The van der Waals surface area contributed by atoms with Gasteiger partial charge in [-0.05, 0) is 43.7 Å². The Kier molecular flexibility index (Phi) is 8.06. The first kappa shape index (κ1) is 13.4. The molecule has 0 unspecified atom stereocenters. The maximum atomic E-state index is 3.85. The summed E-state index contributed by atoms with van der Waals surface area (Å²) in [6, 6.07) is 7.95. The Labute approximate surface area is 92.4 Å². The van der Waals surface area contributed by atoms with Gasteiger partial charge in [-0.1, -0.05) is 13.8 Å². The van der Waals surface area contributed by atoms with Gasteiger partial charge in [-0.3, -0.25) is 4.98 Å². The molecule has 2 heterocycles. The van der Waals surface area contributed by atoms with E-state index in [1.165, 1.54) is 11.3 Å². The van der Waals surface area contributed by atoms with Gasteiger partial charge < -0.3 is 4.98 Å². The molecule has 0 atom stereocenters. The second kappa shape index (κ2) is 9.00. The van der Waals surface area contributed by atoms with E-state index < -0.39 is 0 Å². The minimum absolute atomic E-state index is 1.22. The number of nitrogens with zero attached hydrogens (tertiary/aromatic N) is 1. The second-order valence-electron chi connectivity index (χ2n) is 2.88. The average molecular weight is 204 g/mol. The van der Waals surface area contributed by atoms with Crippen molar-refractivity contribution in [3.63, 3.8) is 0 Å². The van der Waals surface area contributed by atoms with Crippen molar-refractivity contribution in [1.29, 1.82) is 0 Å². The molecule has 0 aliphatic rings. The molecule has 0 radical (unpaired) electrons. The topological polar surface area (TPSA) is 28.7 Å². The maximum absolute atomic E-state index is 3.85. The van der Waals surface area contributed by atoms with Crippen LogP contribution in [-0.4, -0.2) is 9.97 Å². The SMILES string of the molecule is CC.Cc1ccc[nH]1.Cc1ccncc1. The Morgan fingerprint density at radius 3 is 1.80 bits per heavy atom. The van der Waals surface area contributed by atoms with Crippen molar-refractivity contribution in [3.05, 3.63) is 54.1 Å². The van der Waals surface area contributed by atoms with Crippen LogP contribution in [0.2, 0.25) is 0 Å². The van der Waals surface area contributed by atoms with Crippen LogP contribution >= 0.6 is 0 Å². The van der Waals surface area contributed by atoms with Gasteiger partial charge >= 0.3 is 0 Å². The summed E-state index contributed by atoms with van der Waals surface area (Å²) in [5.74, 6) is 0. The molecular weight excluding hydrogens is 184 g/mol. The molecule has 0 amide bonds. The summed E-state index contributed by atoms with van der Waals surface area (Å²) >= 11 is 0. The van der Waals surface area contributed by atoms with Crippen molar-refractivity contribution in [2.75, 3.05) is 0 Å². The summed E-state index contributed by atoms with van der Waals surface area (Å²) in [4.78, 5) is 6.85. The highest BCUT2D eigenvalue weighted by molar-refractivity contribution is 5.05. The predicted octanol–water partition coefficient (Wildman–Crippen LogP) is 3.74. The van der Waals surface area contributed by atoms with Crippen molar-refractivity contribution in [2.45, 2.75) is 27.7 Å². The van der Waals surface area contributed by atoms with Crippen molar-refractivity contribution in [3.8, 4) is 0 Å². The number of aromatic amines is 1. The molecule has 0 bridgehead atoms. The molecule has 2 nitrogen and oxygen atoms in total. The minimum atomic E-state index is 1.22. The summed E-state index contributed by atoms with van der Waals surface area (Å²) in [7, 11) is 0. The Morgan fingerprint density at radius 1 is 1.00 bits per heavy atom. The molecule has 2 aromatic heterocycles. The molecule has 1 N–H and O–H groups in total. The van der Waals surface area contributed by atoms with Crippen LogP contribution in [0.25, 0.3) is 0 Å². The van der Waals surface area contributed by atoms with Gasteiger partial charge in [-0.2, -0.15) is 0 Å². The van der Waals surface area contributed by atoms with Gasteiger partial charge in [0, 0.05) is 24.3 Å². The summed E-state index contributed by atoms with van der Waals surface area (Å²) < 4.78 is 0. The van der Waals surface area contributed by atoms with Gasteiger partial charge in [-0.25, -0.2) is 0 Å². The highest BCUT2D eigenvalue weighted by Gasteiger charge is 1.73. The zero-order valence-electron chi connectivity index (χ0n) is 9.99. The molecular formula is C13H20N2. The fourth-order valence-corrected chi connectivity index (χ4v) is 0.847. The van der Waals surface area contributed by atoms with Gasteiger partial charge in [0.05, 0.1) is 0 Å². The summed E-state index contributed by atoms with van der Waals surface area (Å²) in [6.07, 6.45) is 5.49. The predicted molar refractivity (Wildman–Crippen MR) is 65.9 cm³/mol. The molecule has 2 aromatic rings. The van der Waals surface area contributed by atoms with Gasteiger partial charge in [0.2, 0.25) is 0 Å². The Morgan fingerprint density at radius 2 is 1.60 bits per heavy atom. The van der Waals surface area contributed by atoms with Gasteiger partial charge in [0.1, 0.15) is 0 Å². The van der Waals surface area contributed by atoms with Crippen LogP contribution in [0.5, 0.6) is 0 Å². The Hall–Kier alpha value is -1.57. The van der Waals surface area contributed by atoms with E-state index in [2.05, 4.69) is 9.97 Å². The van der Waals surface area contributed by atoms with Gasteiger partial charge in [-0.15, -0.1) is 0 Å². The zero-order chi connectivity index (χ0) is 11.5. The first-order chi connectivity index (χ1) is 7.29. The van der Waals surface area contributed by atoms with Crippen LogP contribution in [0.1, 0.15) is 25.1 Å². The lowest BCUT2D eigenvalue weighted by Crippen LogP contribution is -1.68. The molecule has 15 heavy (non-hydrogen) atoms. The lowest BCUT2D eigenvalue weighted by atomic mass is 10.3. The van der Waals surface area contributed by atoms with Crippen molar-refractivity contribution in [1.82, 2.24) is 9.97 Å². The van der Waals surface area contributed by atoms with E-state index in [9.17, 15) is 0 Å². The van der Waals surface area contributed by atoms with Crippen molar-refractivity contribution in [2.24, 2.45) is 0 Å². The first-order valence-electron chi connectivity index (χ1n) is 5.25. The van der Waals surface area contributed by atoms with E-state index in [0.717, 1.165) is 0 Å². The number of hydrogen-bond acceptors (Lipinski definition) is 1. The van der Waals surface area contributed by atoms with E-state index in [1.54, 1.807) is 12.4 Å². The van der Waals surface area contributed by atoms with E-state index in [-0.39, 0.29) is 0 Å². The largest absolute Gasteiger partial charge is 0.365 e. The number of aromatic nitrogens is 2. The lowest BCUT2D eigenvalue weighted by Gasteiger charge is -1.82. The molecule has 0 aliphatic heterocycles. The fraction of sp³-hybridized carbons (Fsp3) is 0.308. The van der Waals surface area contributed by atoms with Crippen LogP contribution in [0.3, 0.4) is 0 Å². The standard InChI is InChI=1S/C6H7N.C5H7N.C2H6/c1-6-2-4-7-5-3-6;1-5-3-2-4-6-5;1-2/h2-5H,1H3;2-4,6H,1H3;1-2H3. The Bertz CT molecular complexity index is 312. The third-order valence-corrected chi connectivity index (χ3v) is 1.60. The Balaban J connectivity index is 0.000000227. The van der Waals surface area contributed by atoms with Crippen LogP contribution in [-0.2, 0) is 0 Å². The number of nitrogens with one attached hydrogen (secondary N) is 1. The molecule has 0 aromatic carbocycles. The van der Waals surface area contributed by atoms with Crippen LogP contribution < -0.4 is 0 Å². The first-order valence-corrected chi connectivity index (χ1v) is 5.25. The highest BCUT2D eigenvalue weighted by Crippen LogP contribution is 1.88. The quantitative estimate of drug-likeness (QED) is 0.695. The van der Waals surface area contributed by atoms with E-state index in [4.69, 9.17) is 0 Å². The number of pyridine rings is 1. The van der Waals surface area contributed by atoms with Gasteiger partial charge in [0.15, 0.2) is 0 Å². The number of H-pyrrole nitrogens is 1. The highest BCUT2D eigenvalue weighted by atomic mass is 14.7. The summed E-state index contributed by atoms with van der Waals surface area (Å²) in [5, 5.41) is 0. The van der Waals surface area contributed by atoms with E-state index >= 15 is 0 Å². The van der Waals surface area contributed by atoms with E-state index in [0.29, 0.717) is 0 Å². The molecule has 2 heteroatoms. The van der Waals surface area contributed by atoms with Crippen LogP contribution in [0.15, 0.2) is 42.9 Å². The third kappa shape index (κ3) is 7.50. The second-order valence-corrected chi connectivity index (χ2v) is 2.88. The molecule has 0 saturated heterocycles. The maximum Gasteiger partial charge on any atom is 0.0270 e. The molecule has 0 aliphatic carbocycles. The molecule has 82 valence electrons. The molecule has 0 spiro atoms. The summed E-state index contributed by atoms with van der Waals surface area (Å²) in [6.45, 7) is 8.07. The zero-order valence-corrected chi connectivity index (χ0v) is 9.99. The third-order valence-electron chi connectivity index (χ3n) is 1.60. The number of aryl methyl sites for hydroxylation is 2. The summed E-state index contributed by atoms with van der Waals surface area (Å²) in [5.41, 5.74) is 2.48. The smallest absolute Gasteiger partial charge is 0.0270 e. The minimum Gasteiger partial charge on any atom is -0.365 e. The van der Waals surface area contributed by atoms with Crippen LogP contribution in [0, 0.1) is 13.8 Å². The van der Waals surface area contributed by atoms with E-state index in [1.807, 2.05) is 58.2 Å². The number of hydrogen-bond donors (Lipinski definition) is 1. The fourth-order valence-electron chi connectivity index (χ4n) is 0.847. The monoisotopic (exact) mass is 204 g/mol. The average Bonchev–Trinajstić information content (AvgIpc) is 2.74. The molecule has 0 fully saturated rings. The lowest BCUT2D eigenvalue weighted by molar-refractivity contribution is 1.27. The van der Waals surface area contributed by atoms with Crippen molar-refractivity contribution >= 4 is 0 Å². The molecule has 0 saturated carbocycles. The van der Waals surface area contributed by atoms with Crippen molar-refractivity contribution < 1.29 is 0 Å².